The Morgan fingerprint density at radius 3 is 1.73 bits per heavy atom. The summed E-state index contributed by atoms with van der Waals surface area (Å²) in [7, 11) is 0. The topological polar surface area (TPSA) is 86.2 Å². The third-order valence-corrected chi connectivity index (χ3v) is 5.50. The molecule has 0 aliphatic carbocycles. The molecule has 0 fully saturated rings. The number of para-hydroxylation sites is 2. The van der Waals surface area contributed by atoms with Crippen LogP contribution in [-0.4, -0.2) is 5.78 Å². The summed E-state index contributed by atoms with van der Waals surface area (Å²) in [6.45, 7) is 3.31. The van der Waals surface area contributed by atoms with Crippen molar-refractivity contribution in [3.63, 3.8) is 0 Å². The van der Waals surface area contributed by atoms with Crippen LogP contribution in [-0.2, 0) is 0 Å². The Labute approximate surface area is 265 Å². The van der Waals surface area contributed by atoms with Gasteiger partial charge in [-0.15, -0.1) is 11.5 Å². The van der Waals surface area contributed by atoms with Gasteiger partial charge < -0.3 is 15.3 Å². The molecule has 3 rings (SSSR count). The quantitative estimate of drug-likeness (QED) is 0.197. The molecule has 0 spiro atoms. The second kappa shape index (κ2) is 15.0. The van der Waals surface area contributed by atoms with E-state index in [4.69, 9.17) is 11.6 Å². The van der Waals surface area contributed by atoms with Crippen LogP contribution in [0.4, 0.5) is 0 Å². The van der Waals surface area contributed by atoms with Gasteiger partial charge in [-0.05, 0) is 30.2 Å². The Bertz CT molecular complexity index is 1100. The molecule has 0 amide bonds. The van der Waals surface area contributed by atoms with Gasteiger partial charge >= 0.3 is 88.7 Å². The summed E-state index contributed by atoms with van der Waals surface area (Å²) in [5.41, 5.74) is 1.19. The van der Waals surface area contributed by atoms with E-state index in [0.29, 0.717) is 16.2 Å². The fourth-order valence-corrected chi connectivity index (χ4v) is 3.78. The molecule has 4 nitrogen and oxygen atoms in total. The second-order valence-corrected chi connectivity index (χ2v) is 7.62. The fourth-order valence-electron chi connectivity index (χ4n) is 3.66. The molecule has 0 saturated heterocycles. The molecule has 0 aliphatic heterocycles. The summed E-state index contributed by atoms with van der Waals surface area (Å²) in [6.07, 6.45) is 0. The summed E-state index contributed by atoms with van der Waals surface area (Å²) < 4.78 is 0. The predicted molar refractivity (Wildman–Crippen MR) is 112 cm³/mol. The molecule has 3 aromatic carbocycles. The minimum atomic E-state index is -0.705. The predicted octanol–water partition coefficient (Wildman–Crippen LogP) is -5.11. The average Bonchev–Trinajstić information content (AvgIpc) is 2.74. The number of Topliss-reactive ketones (excluding diaryl/α,β-unsaturated/α-hetero) is 1. The van der Waals surface area contributed by atoms with Crippen molar-refractivity contribution < 1.29 is 109 Å². The van der Waals surface area contributed by atoms with Crippen molar-refractivity contribution in [1.82, 2.24) is 0 Å². The summed E-state index contributed by atoms with van der Waals surface area (Å²) >= 11 is 6.01. The smallest absolute Gasteiger partial charge is 0.872 e. The number of carbonyl (C=O) groups is 1. The molecule has 2 atom stereocenters. The standard InChI is InChI=1S/C25H23ClO4.3Na/c1-15(24(29)19-7-3-5-9-21(19)27)23(17-11-13-18(26)14-12-17)16(2)25(30)20-8-4-6-10-22(20)28;;;/h3-15,23,27-28,30H,1-2H3;;;/q;3*+1/p-3/b25-16-;;;/t15-,23+;;;/m0.../s1. The first kappa shape index (κ1) is 32.8. The van der Waals surface area contributed by atoms with Crippen LogP contribution in [0, 0.1) is 5.92 Å². The normalized spacial score (nSPS) is 12.7. The molecule has 0 unspecified atom stereocenters. The first-order chi connectivity index (χ1) is 14.3. The van der Waals surface area contributed by atoms with Crippen LogP contribution in [0.3, 0.4) is 0 Å². The van der Waals surface area contributed by atoms with E-state index in [-0.39, 0.29) is 117 Å². The third kappa shape index (κ3) is 7.88. The van der Waals surface area contributed by atoms with Gasteiger partial charge in [-0.2, -0.15) is 0 Å². The minimum Gasteiger partial charge on any atom is -0.872 e. The molecule has 0 saturated carbocycles. The zero-order valence-electron chi connectivity index (χ0n) is 19.6. The number of carbonyl (C=O) groups excluding carboxylic acids is 1. The number of rotatable bonds is 6. The maximum atomic E-state index is 13.2. The van der Waals surface area contributed by atoms with Gasteiger partial charge in [0.25, 0.3) is 0 Å². The Morgan fingerprint density at radius 2 is 1.24 bits per heavy atom. The monoisotopic (exact) mass is 488 g/mol. The van der Waals surface area contributed by atoms with Gasteiger partial charge in [0, 0.05) is 22.4 Å². The van der Waals surface area contributed by atoms with Gasteiger partial charge in [0.2, 0.25) is 0 Å². The Morgan fingerprint density at radius 1 is 0.788 bits per heavy atom. The number of hydrogen-bond donors (Lipinski definition) is 0. The van der Waals surface area contributed by atoms with E-state index in [2.05, 4.69) is 0 Å². The summed E-state index contributed by atoms with van der Waals surface area (Å²) in [5, 5.41) is 38.0. The van der Waals surface area contributed by atoms with E-state index < -0.39 is 17.6 Å². The fraction of sp³-hybridized carbons (Fsp3) is 0.160. The number of hydrogen-bond acceptors (Lipinski definition) is 4. The van der Waals surface area contributed by atoms with Crippen molar-refractivity contribution in [3.05, 3.63) is 100 Å². The number of benzene rings is 3. The number of ketones is 1. The van der Waals surface area contributed by atoms with E-state index in [9.17, 15) is 20.1 Å². The van der Waals surface area contributed by atoms with Crippen LogP contribution >= 0.6 is 11.6 Å². The van der Waals surface area contributed by atoms with E-state index >= 15 is 0 Å². The van der Waals surface area contributed by atoms with E-state index in [0.717, 1.165) is 0 Å². The molecule has 0 N–H and O–H groups in total. The molecular weight excluding hydrogens is 469 g/mol. The molecule has 0 aromatic heterocycles. The van der Waals surface area contributed by atoms with E-state index in [1.165, 1.54) is 24.3 Å². The molecule has 0 radical (unpaired) electrons. The first-order valence-corrected chi connectivity index (χ1v) is 9.89. The Hall–Kier alpha value is -0.240. The Kier molecular flexibility index (Phi) is 14.9. The van der Waals surface area contributed by atoms with Crippen LogP contribution in [0.1, 0.15) is 41.3 Å². The van der Waals surface area contributed by atoms with Crippen LogP contribution in [0.5, 0.6) is 11.5 Å². The molecule has 0 bridgehead atoms. The van der Waals surface area contributed by atoms with Crippen LogP contribution in [0.2, 0.25) is 5.02 Å². The molecule has 0 heterocycles. The van der Waals surface area contributed by atoms with Crippen molar-refractivity contribution in [2.45, 2.75) is 19.8 Å². The zero-order chi connectivity index (χ0) is 21.8. The number of halogens is 1. The zero-order valence-corrected chi connectivity index (χ0v) is 26.3. The van der Waals surface area contributed by atoms with Gasteiger partial charge in [0.15, 0.2) is 5.78 Å². The number of allylic oxidation sites excluding steroid dienone is 1. The summed E-state index contributed by atoms with van der Waals surface area (Å²) in [5.74, 6) is -2.84. The summed E-state index contributed by atoms with van der Waals surface area (Å²) in [6, 6.07) is 18.9. The van der Waals surface area contributed by atoms with Crippen molar-refractivity contribution in [2.24, 2.45) is 5.92 Å². The van der Waals surface area contributed by atoms with Gasteiger partial charge in [-0.3, -0.25) is 4.79 Å². The van der Waals surface area contributed by atoms with Crippen molar-refractivity contribution in [1.29, 1.82) is 0 Å². The van der Waals surface area contributed by atoms with Gasteiger partial charge in [-0.1, -0.05) is 90.5 Å². The van der Waals surface area contributed by atoms with E-state index in [1.807, 2.05) is 0 Å². The van der Waals surface area contributed by atoms with Crippen LogP contribution < -0.4 is 104 Å². The van der Waals surface area contributed by atoms with Crippen molar-refractivity contribution in [3.8, 4) is 11.5 Å². The van der Waals surface area contributed by atoms with Gasteiger partial charge in [-0.25, -0.2) is 0 Å². The molecule has 8 heteroatoms. The van der Waals surface area contributed by atoms with Gasteiger partial charge in [0.1, 0.15) is 0 Å². The molecular formula is C25H20ClNa3O4. The largest absolute Gasteiger partial charge is 1.00 e. The molecule has 154 valence electrons. The molecule has 0 aliphatic rings. The maximum Gasteiger partial charge on any atom is 1.00 e. The minimum absolute atomic E-state index is 0. The van der Waals surface area contributed by atoms with Crippen molar-refractivity contribution in [2.75, 3.05) is 0 Å². The third-order valence-electron chi connectivity index (χ3n) is 5.25. The SMILES string of the molecule is C/C(=C(/[O-])c1ccccc1[O-])[C@H](c1ccc(Cl)cc1)[C@H](C)C(=O)c1ccccc1[O-].[Na+].[Na+].[Na+]. The second-order valence-electron chi connectivity index (χ2n) is 7.19. The Balaban J connectivity index is 0.00000341. The van der Waals surface area contributed by atoms with Crippen LogP contribution in [0.25, 0.3) is 5.76 Å². The van der Waals surface area contributed by atoms with E-state index in [1.54, 1.807) is 62.4 Å². The maximum absolute atomic E-state index is 13.2. The van der Waals surface area contributed by atoms with Crippen molar-refractivity contribution >= 4 is 23.1 Å². The van der Waals surface area contributed by atoms with Gasteiger partial charge in [0.05, 0.1) is 0 Å². The summed E-state index contributed by atoms with van der Waals surface area (Å²) in [4.78, 5) is 13.2. The molecule has 33 heavy (non-hydrogen) atoms. The average molecular weight is 489 g/mol. The molecule has 3 aromatic rings. The first-order valence-electron chi connectivity index (χ1n) is 9.51. The van der Waals surface area contributed by atoms with Crippen LogP contribution in [0.15, 0.2) is 78.4 Å².